The van der Waals surface area contributed by atoms with Crippen LogP contribution in [0, 0.1) is 11.3 Å². The minimum atomic E-state index is 0. The number of quaternary nitrogens is 1. The quantitative estimate of drug-likeness (QED) is 0.498. The van der Waals surface area contributed by atoms with Crippen molar-refractivity contribution in [3.63, 3.8) is 0 Å². The molecule has 2 fully saturated rings. The molecule has 2 heteroatoms. The molecule has 1 unspecified atom stereocenters. The zero-order valence-corrected chi connectivity index (χ0v) is 12.7. The van der Waals surface area contributed by atoms with E-state index in [2.05, 4.69) is 20.9 Å². The summed E-state index contributed by atoms with van der Waals surface area (Å²) >= 11 is 0. The first-order chi connectivity index (χ1) is 6.54. The zero-order valence-electron chi connectivity index (χ0n) is 10.6. The van der Waals surface area contributed by atoms with Crippen LogP contribution < -0.4 is 24.0 Å². The molecular formula is C13H26IN. The molecule has 1 aliphatic heterocycles. The van der Waals surface area contributed by atoms with Crippen molar-refractivity contribution in [2.75, 3.05) is 26.7 Å². The highest BCUT2D eigenvalue weighted by molar-refractivity contribution is 4.88. The predicted octanol–water partition coefficient (Wildman–Crippen LogP) is 0.0571. The zero-order chi connectivity index (χ0) is 10.2. The minimum absolute atomic E-state index is 0. The molecule has 90 valence electrons. The van der Waals surface area contributed by atoms with Crippen molar-refractivity contribution in [1.82, 2.24) is 0 Å². The number of hydrogen-bond donors (Lipinski definition) is 0. The number of halogens is 1. The predicted molar refractivity (Wildman–Crippen MR) is 61.1 cm³/mol. The van der Waals surface area contributed by atoms with Gasteiger partial charge in [0.25, 0.3) is 0 Å². The largest absolute Gasteiger partial charge is 1.00 e. The van der Waals surface area contributed by atoms with Gasteiger partial charge in [-0.2, -0.15) is 0 Å². The van der Waals surface area contributed by atoms with Crippen LogP contribution in [0.2, 0.25) is 0 Å². The second-order valence-electron chi connectivity index (χ2n) is 6.53. The fourth-order valence-corrected chi connectivity index (χ4v) is 4.05. The van der Waals surface area contributed by atoms with Gasteiger partial charge in [-0.05, 0) is 12.8 Å². The van der Waals surface area contributed by atoms with Gasteiger partial charge in [-0.15, -0.1) is 0 Å². The van der Waals surface area contributed by atoms with Crippen LogP contribution in [0.1, 0.15) is 46.0 Å². The van der Waals surface area contributed by atoms with Gasteiger partial charge in [-0.25, -0.2) is 0 Å². The van der Waals surface area contributed by atoms with Gasteiger partial charge in [0.05, 0.1) is 26.7 Å². The molecule has 0 aromatic heterocycles. The molecule has 1 spiro atoms. The van der Waals surface area contributed by atoms with Gasteiger partial charge in [0.15, 0.2) is 0 Å². The van der Waals surface area contributed by atoms with Gasteiger partial charge in [0.1, 0.15) is 0 Å². The summed E-state index contributed by atoms with van der Waals surface area (Å²) in [4.78, 5) is 0. The van der Waals surface area contributed by atoms with Crippen LogP contribution in [0.5, 0.6) is 0 Å². The van der Waals surface area contributed by atoms with Gasteiger partial charge in [-0.1, -0.05) is 26.7 Å². The molecule has 2 aliphatic rings. The number of rotatable bonds is 2. The smallest absolute Gasteiger partial charge is 0.0843 e. The van der Waals surface area contributed by atoms with Crippen molar-refractivity contribution in [2.24, 2.45) is 11.3 Å². The van der Waals surface area contributed by atoms with Crippen molar-refractivity contribution in [3.05, 3.63) is 0 Å². The molecule has 0 bridgehead atoms. The Morgan fingerprint density at radius 3 is 2.27 bits per heavy atom. The van der Waals surface area contributed by atoms with Crippen LogP contribution in [0.15, 0.2) is 0 Å². The lowest BCUT2D eigenvalue weighted by Gasteiger charge is -2.33. The third kappa shape index (κ3) is 3.09. The van der Waals surface area contributed by atoms with E-state index >= 15 is 0 Å². The van der Waals surface area contributed by atoms with Crippen LogP contribution in [0.4, 0.5) is 0 Å². The SMILES string of the molecule is CC(C)C[N+]1(C)CCC2(CCCC2)C1.[I-]. The Bertz CT molecular complexity index is 209. The molecule has 2 rings (SSSR count). The van der Waals surface area contributed by atoms with Gasteiger partial charge >= 0.3 is 0 Å². The van der Waals surface area contributed by atoms with Crippen LogP contribution in [0.3, 0.4) is 0 Å². The molecule has 15 heavy (non-hydrogen) atoms. The van der Waals surface area contributed by atoms with Crippen LogP contribution in [-0.2, 0) is 0 Å². The third-order valence-corrected chi connectivity index (χ3v) is 4.37. The summed E-state index contributed by atoms with van der Waals surface area (Å²) in [7, 11) is 2.48. The molecule has 0 N–H and O–H groups in total. The third-order valence-electron chi connectivity index (χ3n) is 4.37. The molecule has 1 nitrogen and oxygen atoms in total. The van der Waals surface area contributed by atoms with Crippen molar-refractivity contribution >= 4 is 0 Å². The van der Waals surface area contributed by atoms with E-state index in [1.54, 1.807) is 0 Å². The average Bonchev–Trinajstić information content (AvgIpc) is 2.60. The molecular weight excluding hydrogens is 297 g/mol. The minimum Gasteiger partial charge on any atom is -1.00 e. The summed E-state index contributed by atoms with van der Waals surface area (Å²) < 4.78 is 1.36. The number of nitrogens with zero attached hydrogens (tertiary/aromatic N) is 1. The van der Waals surface area contributed by atoms with E-state index in [0.29, 0.717) is 0 Å². The molecule has 0 aromatic carbocycles. The normalized spacial score (nSPS) is 33.6. The van der Waals surface area contributed by atoms with Crippen molar-refractivity contribution in [3.8, 4) is 0 Å². The van der Waals surface area contributed by atoms with E-state index < -0.39 is 0 Å². The van der Waals surface area contributed by atoms with Gasteiger partial charge < -0.3 is 28.5 Å². The van der Waals surface area contributed by atoms with Crippen LogP contribution in [0.25, 0.3) is 0 Å². The Labute approximate surface area is 112 Å². The lowest BCUT2D eigenvalue weighted by molar-refractivity contribution is -0.903. The molecule has 1 saturated carbocycles. The maximum atomic E-state index is 2.48. The molecule has 0 amide bonds. The fraction of sp³-hybridized carbons (Fsp3) is 1.00. The summed E-state index contributed by atoms with van der Waals surface area (Å²) in [6.07, 6.45) is 7.57. The molecule has 0 aromatic rings. The van der Waals surface area contributed by atoms with Crippen LogP contribution >= 0.6 is 0 Å². The standard InChI is InChI=1S/C13H26N.HI/c1-12(2)10-14(3)9-8-13(11-14)6-4-5-7-13;/h12H,4-11H2,1-3H3;1H/q+1;/p-1. The Kier molecular flexibility index (Phi) is 4.50. The van der Waals surface area contributed by atoms with Crippen molar-refractivity contribution < 1.29 is 28.5 Å². The summed E-state index contributed by atoms with van der Waals surface area (Å²) in [5, 5.41) is 0. The molecule has 0 radical (unpaired) electrons. The molecule has 1 aliphatic carbocycles. The average molecular weight is 323 g/mol. The summed E-state index contributed by atoms with van der Waals surface area (Å²) in [6, 6.07) is 0. The van der Waals surface area contributed by atoms with E-state index in [4.69, 9.17) is 0 Å². The highest BCUT2D eigenvalue weighted by Crippen LogP contribution is 2.47. The maximum absolute atomic E-state index is 2.48. The fourth-order valence-electron chi connectivity index (χ4n) is 4.05. The lowest BCUT2D eigenvalue weighted by Crippen LogP contribution is -3.00. The van der Waals surface area contributed by atoms with Crippen molar-refractivity contribution in [2.45, 2.75) is 46.0 Å². The summed E-state index contributed by atoms with van der Waals surface area (Å²) in [6.45, 7) is 9.04. The molecule has 1 atom stereocenters. The van der Waals surface area contributed by atoms with E-state index in [1.807, 2.05) is 0 Å². The maximum Gasteiger partial charge on any atom is 0.0843 e. The van der Waals surface area contributed by atoms with E-state index in [0.717, 1.165) is 11.3 Å². The highest BCUT2D eigenvalue weighted by atomic mass is 127. The number of likely N-dealkylation sites (tertiary alicyclic amines) is 1. The van der Waals surface area contributed by atoms with Crippen LogP contribution in [-0.4, -0.2) is 31.2 Å². The van der Waals surface area contributed by atoms with Gasteiger partial charge in [-0.3, -0.25) is 0 Å². The lowest BCUT2D eigenvalue weighted by atomic mass is 9.85. The topological polar surface area (TPSA) is 0 Å². The monoisotopic (exact) mass is 323 g/mol. The van der Waals surface area contributed by atoms with E-state index in [-0.39, 0.29) is 24.0 Å². The Hall–Kier alpha value is 0.690. The Morgan fingerprint density at radius 1 is 1.13 bits per heavy atom. The molecule has 1 saturated heterocycles. The van der Waals surface area contributed by atoms with Gasteiger partial charge in [0.2, 0.25) is 0 Å². The Morgan fingerprint density at radius 2 is 1.73 bits per heavy atom. The second-order valence-corrected chi connectivity index (χ2v) is 6.53. The highest BCUT2D eigenvalue weighted by Gasteiger charge is 2.47. The summed E-state index contributed by atoms with van der Waals surface area (Å²) in [5.41, 5.74) is 0.781. The first-order valence-corrected chi connectivity index (χ1v) is 6.37. The van der Waals surface area contributed by atoms with E-state index in [1.165, 1.54) is 56.2 Å². The summed E-state index contributed by atoms with van der Waals surface area (Å²) in [5.74, 6) is 0.858. The molecule has 1 heterocycles. The first kappa shape index (κ1) is 13.8. The van der Waals surface area contributed by atoms with Gasteiger partial charge in [0, 0.05) is 17.8 Å². The Balaban J connectivity index is 0.00000112. The number of hydrogen-bond acceptors (Lipinski definition) is 0. The first-order valence-electron chi connectivity index (χ1n) is 6.37. The van der Waals surface area contributed by atoms with E-state index in [9.17, 15) is 0 Å². The van der Waals surface area contributed by atoms with Crippen molar-refractivity contribution in [1.29, 1.82) is 0 Å². The second kappa shape index (κ2) is 4.91.